The van der Waals surface area contributed by atoms with Crippen LogP contribution in [0.25, 0.3) is 11.8 Å². The summed E-state index contributed by atoms with van der Waals surface area (Å²) in [5, 5.41) is 4.49. The second-order valence-corrected chi connectivity index (χ2v) is 11.8. The zero-order valence-electron chi connectivity index (χ0n) is 20.9. The second-order valence-electron chi connectivity index (χ2n) is 9.82. The Morgan fingerprint density at radius 3 is 2.45 bits per heavy atom. The van der Waals surface area contributed by atoms with Crippen molar-refractivity contribution >= 4 is 16.1 Å². The predicted octanol–water partition coefficient (Wildman–Crippen LogP) is 4.92. The van der Waals surface area contributed by atoms with Crippen LogP contribution in [0, 0.1) is 28.7 Å². The van der Waals surface area contributed by atoms with E-state index in [9.17, 15) is 26.0 Å². The lowest BCUT2D eigenvalue weighted by Gasteiger charge is -2.45. The highest BCUT2D eigenvalue weighted by Crippen LogP contribution is 2.45. The maximum atomic E-state index is 14.0. The Kier molecular flexibility index (Phi) is 6.46. The molecule has 12 heteroatoms. The molecule has 1 aliphatic carbocycles. The number of fused-ring (bicyclic) bond motifs is 2. The average molecular weight is 571 g/mol. The standard InChI is InChI=1S/C28H22F4N4O3S/c29-20-4-6-21(7-5-20)36-25-11-19-8-10-35(40(37,38)22-12-23(30)27(32)24(31)13-22)16-28(19,14-18(25)15-34-36)17-39-26-3-1-2-9-33-26/h1-7,9,11-13,15H,8,10,14,16-17H2. The van der Waals surface area contributed by atoms with Gasteiger partial charge in [0, 0.05) is 30.8 Å². The summed E-state index contributed by atoms with van der Waals surface area (Å²) in [5.74, 6) is -4.92. The van der Waals surface area contributed by atoms with E-state index < -0.39 is 37.8 Å². The summed E-state index contributed by atoms with van der Waals surface area (Å²) < 4.78 is 90.9. The van der Waals surface area contributed by atoms with E-state index >= 15 is 0 Å². The number of hydrogen-bond donors (Lipinski definition) is 0. The van der Waals surface area contributed by atoms with Crippen molar-refractivity contribution in [3.8, 4) is 11.6 Å². The normalized spacial score (nSPS) is 19.1. The fourth-order valence-electron chi connectivity index (χ4n) is 5.29. The first-order chi connectivity index (χ1) is 19.2. The Hall–Kier alpha value is -4.03. The molecular formula is C28H22F4N4O3S. The lowest BCUT2D eigenvalue weighted by Crippen LogP contribution is -2.52. The number of rotatable bonds is 6. The first-order valence-electron chi connectivity index (χ1n) is 12.4. The Labute approximate surface area is 227 Å². The number of ether oxygens (including phenoxy) is 1. The number of hydrogen-bond acceptors (Lipinski definition) is 5. The van der Waals surface area contributed by atoms with Gasteiger partial charge in [-0.3, -0.25) is 0 Å². The molecule has 3 heterocycles. The maximum absolute atomic E-state index is 14.0. The molecule has 40 heavy (non-hydrogen) atoms. The molecule has 0 amide bonds. The molecular weight excluding hydrogens is 548 g/mol. The Morgan fingerprint density at radius 1 is 1.00 bits per heavy atom. The highest BCUT2D eigenvalue weighted by atomic mass is 32.2. The fourth-order valence-corrected chi connectivity index (χ4v) is 6.84. The van der Waals surface area contributed by atoms with Crippen LogP contribution in [-0.4, -0.2) is 47.2 Å². The van der Waals surface area contributed by atoms with Crippen molar-refractivity contribution in [1.82, 2.24) is 19.1 Å². The van der Waals surface area contributed by atoms with Gasteiger partial charge in [0.2, 0.25) is 15.9 Å². The molecule has 2 aromatic carbocycles. The van der Waals surface area contributed by atoms with Gasteiger partial charge in [-0.25, -0.2) is 35.6 Å². The molecule has 6 rings (SSSR count). The first kappa shape index (κ1) is 26.2. The quantitative estimate of drug-likeness (QED) is 0.243. The molecule has 1 fully saturated rings. The zero-order chi connectivity index (χ0) is 28.1. The molecule has 4 aromatic rings. The number of aromatic nitrogens is 3. The molecule has 0 saturated carbocycles. The monoisotopic (exact) mass is 570 g/mol. The third-order valence-corrected chi connectivity index (χ3v) is 9.14. The molecule has 1 aliphatic heterocycles. The van der Waals surface area contributed by atoms with Gasteiger partial charge in [0.25, 0.3) is 0 Å². The van der Waals surface area contributed by atoms with E-state index in [0.717, 1.165) is 21.1 Å². The summed E-state index contributed by atoms with van der Waals surface area (Å²) in [5.41, 5.74) is 2.31. The van der Waals surface area contributed by atoms with Crippen molar-refractivity contribution in [2.45, 2.75) is 17.7 Å². The van der Waals surface area contributed by atoms with Gasteiger partial charge < -0.3 is 4.74 Å². The Balaban J connectivity index is 1.38. The molecule has 1 atom stereocenters. The highest BCUT2D eigenvalue weighted by molar-refractivity contribution is 7.89. The molecule has 2 aromatic heterocycles. The van der Waals surface area contributed by atoms with Gasteiger partial charge in [0.15, 0.2) is 17.5 Å². The van der Waals surface area contributed by atoms with E-state index in [1.807, 2.05) is 6.08 Å². The number of halogens is 4. The van der Waals surface area contributed by atoms with E-state index in [-0.39, 0.29) is 25.5 Å². The fraction of sp³-hybridized carbons (Fsp3) is 0.214. The number of pyridine rings is 1. The van der Waals surface area contributed by atoms with E-state index in [2.05, 4.69) is 10.1 Å². The van der Waals surface area contributed by atoms with Crippen LogP contribution in [0.4, 0.5) is 17.6 Å². The summed E-state index contributed by atoms with van der Waals surface area (Å²) in [6.45, 7) is 0.0328. The third-order valence-electron chi connectivity index (χ3n) is 7.32. The smallest absolute Gasteiger partial charge is 0.243 e. The van der Waals surface area contributed by atoms with Gasteiger partial charge in [0.1, 0.15) is 12.4 Å². The molecule has 1 saturated heterocycles. The lowest BCUT2D eigenvalue weighted by atomic mass is 9.69. The van der Waals surface area contributed by atoms with Crippen LogP contribution in [-0.2, 0) is 16.4 Å². The number of nitrogens with zero attached hydrogens (tertiary/aromatic N) is 4. The second kappa shape index (κ2) is 9.86. The molecule has 0 spiro atoms. The topological polar surface area (TPSA) is 77.3 Å². The molecule has 206 valence electrons. The van der Waals surface area contributed by atoms with Gasteiger partial charge in [0.05, 0.1) is 22.5 Å². The molecule has 0 bridgehead atoms. The average Bonchev–Trinajstić information content (AvgIpc) is 3.36. The van der Waals surface area contributed by atoms with Crippen LogP contribution in [0.2, 0.25) is 0 Å². The van der Waals surface area contributed by atoms with Crippen LogP contribution < -0.4 is 4.74 Å². The summed E-state index contributed by atoms with van der Waals surface area (Å²) in [6, 6.07) is 12.1. The minimum Gasteiger partial charge on any atom is -0.477 e. The van der Waals surface area contributed by atoms with Crippen molar-refractivity contribution in [2.24, 2.45) is 5.41 Å². The predicted molar refractivity (Wildman–Crippen MR) is 137 cm³/mol. The van der Waals surface area contributed by atoms with Gasteiger partial charge in [-0.05, 0) is 66.9 Å². The number of sulfonamides is 1. The van der Waals surface area contributed by atoms with E-state index in [1.165, 1.54) is 12.1 Å². The van der Waals surface area contributed by atoms with Crippen LogP contribution in [0.1, 0.15) is 17.7 Å². The minimum atomic E-state index is -4.38. The highest BCUT2D eigenvalue weighted by Gasteiger charge is 2.47. The molecule has 0 N–H and O–H groups in total. The summed E-state index contributed by atoms with van der Waals surface area (Å²) in [4.78, 5) is 3.53. The zero-order valence-corrected chi connectivity index (χ0v) is 21.7. The van der Waals surface area contributed by atoms with Gasteiger partial charge in [-0.15, -0.1) is 0 Å². The van der Waals surface area contributed by atoms with Crippen LogP contribution in [0.15, 0.2) is 77.5 Å². The van der Waals surface area contributed by atoms with Crippen molar-refractivity contribution in [3.63, 3.8) is 0 Å². The van der Waals surface area contributed by atoms with E-state index in [1.54, 1.807) is 47.4 Å². The van der Waals surface area contributed by atoms with Crippen molar-refractivity contribution < 1.29 is 30.7 Å². The Bertz CT molecular complexity index is 1700. The van der Waals surface area contributed by atoms with Gasteiger partial charge in [-0.2, -0.15) is 9.40 Å². The Morgan fingerprint density at radius 2 is 1.75 bits per heavy atom. The van der Waals surface area contributed by atoms with Crippen LogP contribution >= 0.6 is 0 Å². The van der Waals surface area contributed by atoms with Crippen LogP contribution in [0.3, 0.4) is 0 Å². The van der Waals surface area contributed by atoms with E-state index in [0.29, 0.717) is 36.5 Å². The maximum Gasteiger partial charge on any atom is 0.243 e. The summed E-state index contributed by atoms with van der Waals surface area (Å²) >= 11 is 0. The minimum absolute atomic E-state index is 0.0279. The van der Waals surface area contributed by atoms with Crippen molar-refractivity contribution in [1.29, 1.82) is 0 Å². The lowest BCUT2D eigenvalue weighted by molar-refractivity contribution is 0.122. The van der Waals surface area contributed by atoms with E-state index in [4.69, 9.17) is 4.74 Å². The molecule has 2 aliphatic rings. The molecule has 1 unspecified atom stereocenters. The van der Waals surface area contributed by atoms with Gasteiger partial charge in [-0.1, -0.05) is 11.6 Å². The van der Waals surface area contributed by atoms with Gasteiger partial charge >= 0.3 is 0 Å². The summed E-state index contributed by atoms with van der Waals surface area (Å²) in [7, 11) is -4.38. The number of piperidine rings is 1. The summed E-state index contributed by atoms with van der Waals surface area (Å²) in [6.07, 6.45) is 5.83. The molecule has 7 nitrogen and oxygen atoms in total. The third kappa shape index (κ3) is 4.56. The van der Waals surface area contributed by atoms with Crippen molar-refractivity contribution in [3.05, 3.63) is 107 Å². The van der Waals surface area contributed by atoms with Crippen LogP contribution in [0.5, 0.6) is 5.88 Å². The molecule has 0 radical (unpaired) electrons. The van der Waals surface area contributed by atoms with Crippen molar-refractivity contribution in [2.75, 3.05) is 19.7 Å². The largest absolute Gasteiger partial charge is 0.477 e. The SMILES string of the molecule is O=S(=O)(c1cc(F)c(F)c(F)c1)N1CCC2=Cc3c(cnn3-c3ccc(F)cc3)CC2(COc2ccccn2)C1. The number of benzene rings is 2. The first-order valence-corrected chi connectivity index (χ1v) is 13.8.